The average molecular weight is 421 g/mol. The number of nitrogens with zero attached hydrogens (tertiary/aromatic N) is 5. The lowest BCUT2D eigenvalue weighted by atomic mass is 10.0. The van der Waals surface area contributed by atoms with Crippen LogP contribution in [0.25, 0.3) is 21.3 Å². The van der Waals surface area contributed by atoms with E-state index in [1.54, 1.807) is 24.8 Å². The summed E-state index contributed by atoms with van der Waals surface area (Å²) in [7, 11) is 1.68. The van der Waals surface area contributed by atoms with Gasteiger partial charge in [-0.15, -0.1) is 21.5 Å². The molecular weight excluding hydrogens is 396 g/mol. The molecule has 0 fully saturated rings. The zero-order valence-corrected chi connectivity index (χ0v) is 18.1. The quantitative estimate of drug-likeness (QED) is 0.487. The summed E-state index contributed by atoms with van der Waals surface area (Å²) in [5, 5.41) is 15.8. The molecule has 8 heteroatoms. The first-order chi connectivity index (χ1) is 14.7. The Hall–Kier alpha value is -3.00. The minimum absolute atomic E-state index is 0.0195. The number of rotatable bonds is 6. The third-order valence-corrected chi connectivity index (χ3v) is 6.53. The molecule has 0 aliphatic carbocycles. The predicted molar refractivity (Wildman–Crippen MR) is 119 cm³/mol. The minimum atomic E-state index is 0.0195. The summed E-state index contributed by atoms with van der Waals surface area (Å²) in [4.78, 5) is 10.1. The van der Waals surface area contributed by atoms with Crippen molar-refractivity contribution in [3.05, 3.63) is 47.6 Å². The Morgan fingerprint density at radius 2 is 1.97 bits per heavy atom. The van der Waals surface area contributed by atoms with Gasteiger partial charge in [0.2, 0.25) is 0 Å². The van der Waals surface area contributed by atoms with Gasteiger partial charge < -0.3 is 14.6 Å². The highest BCUT2D eigenvalue weighted by Gasteiger charge is 2.27. The highest BCUT2D eigenvalue weighted by Crippen LogP contribution is 2.39. The van der Waals surface area contributed by atoms with Gasteiger partial charge in [0, 0.05) is 23.9 Å². The molecule has 154 valence electrons. The second-order valence-corrected chi connectivity index (χ2v) is 8.73. The molecule has 0 bridgehead atoms. The molecule has 0 saturated carbocycles. The lowest BCUT2D eigenvalue weighted by molar-refractivity contribution is 0.415. The molecule has 5 rings (SSSR count). The lowest BCUT2D eigenvalue weighted by Crippen LogP contribution is -2.22. The summed E-state index contributed by atoms with van der Waals surface area (Å²) < 4.78 is 7.56. The summed E-state index contributed by atoms with van der Waals surface area (Å²) in [6, 6.07) is 8.12. The van der Waals surface area contributed by atoms with Crippen LogP contribution in [0.1, 0.15) is 38.0 Å². The van der Waals surface area contributed by atoms with E-state index in [9.17, 15) is 0 Å². The SMILES string of the molecule is COc1ccc(-c2csc3ncnc(N[C@H](c4nnc5n4CCC5)C(C)C)c23)cc1. The van der Waals surface area contributed by atoms with Crippen molar-refractivity contribution in [2.45, 2.75) is 39.3 Å². The monoisotopic (exact) mass is 420 g/mol. The summed E-state index contributed by atoms with van der Waals surface area (Å²) in [5.41, 5.74) is 2.24. The van der Waals surface area contributed by atoms with Crippen molar-refractivity contribution in [2.75, 3.05) is 12.4 Å². The van der Waals surface area contributed by atoms with Gasteiger partial charge in [0.1, 0.15) is 28.5 Å². The Balaban J connectivity index is 1.57. The second-order valence-electron chi connectivity index (χ2n) is 7.88. The third kappa shape index (κ3) is 3.21. The molecule has 30 heavy (non-hydrogen) atoms. The zero-order chi connectivity index (χ0) is 20.7. The molecule has 4 heterocycles. The van der Waals surface area contributed by atoms with Crippen molar-refractivity contribution in [3.8, 4) is 16.9 Å². The molecule has 0 unspecified atom stereocenters. The van der Waals surface area contributed by atoms with Gasteiger partial charge in [-0.25, -0.2) is 9.97 Å². The number of anilines is 1. The molecule has 3 aromatic heterocycles. The van der Waals surface area contributed by atoms with E-state index in [0.29, 0.717) is 5.92 Å². The van der Waals surface area contributed by atoms with Gasteiger partial charge in [-0.2, -0.15) is 0 Å². The van der Waals surface area contributed by atoms with Crippen molar-refractivity contribution < 1.29 is 4.74 Å². The first kappa shape index (κ1) is 19.0. The Morgan fingerprint density at radius 1 is 1.13 bits per heavy atom. The Bertz CT molecular complexity index is 1180. The summed E-state index contributed by atoms with van der Waals surface area (Å²) in [6.07, 6.45) is 3.76. The van der Waals surface area contributed by atoms with Gasteiger partial charge in [-0.3, -0.25) is 0 Å². The van der Waals surface area contributed by atoms with Crippen LogP contribution in [-0.2, 0) is 13.0 Å². The fourth-order valence-corrected chi connectivity index (χ4v) is 4.96. The van der Waals surface area contributed by atoms with E-state index < -0.39 is 0 Å². The average Bonchev–Trinajstić information content (AvgIpc) is 3.48. The fraction of sp³-hybridized carbons (Fsp3) is 0.364. The number of hydrogen-bond donors (Lipinski definition) is 1. The van der Waals surface area contributed by atoms with Crippen molar-refractivity contribution in [3.63, 3.8) is 0 Å². The van der Waals surface area contributed by atoms with E-state index in [-0.39, 0.29) is 6.04 Å². The topological polar surface area (TPSA) is 77.8 Å². The Kier molecular flexibility index (Phi) is 4.86. The molecule has 0 saturated heterocycles. The standard InChI is InChI=1S/C22H24N6OS/c1-13(2)19(21-27-26-17-5-4-10-28(17)21)25-20-18-16(11-30-22(18)24-12-23-20)14-6-8-15(29-3)9-7-14/h6-9,11-13,19H,4-5,10H2,1-3H3,(H,23,24,25)/t19-/m0/s1. The Labute approximate surface area is 179 Å². The largest absolute Gasteiger partial charge is 0.497 e. The first-order valence-electron chi connectivity index (χ1n) is 10.2. The number of aryl methyl sites for hydroxylation is 1. The third-order valence-electron chi connectivity index (χ3n) is 5.65. The van der Waals surface area contributed by atoms with E-state index in [2.05, 4.69) is 61.4 Å². The van der Waals surface area contributed by atoms with E-state index in [4.69, 9.17) is 4.74 Å². The molecule has 1 aromatic carbocycles. The summed E-state index contributed by atoms with van der Waals surface area (Å²) in [6.45, 7) is 5.38. The van der Waals surface area contributed by atoms with Crippen LogP contribution in [0.5, 0.6) is 5.75 Å². The minimum Gasteiger partial charge on any atom is -0.497 e. The maximum Gasteiger partial charge on any atom is 0.155 e. The van der Waals surface area contributed by atoms with Crippen LogP contribution < -0.4 is 10.1 Å². The highest BCUT2D eigenvalue weighted by molar-refractivity contribution is 7.17. The number of benzene rings is 1. The number of nitrogens with one attached hydrogen (secondary N) is 1. The van der Waals surface area contributed by atoms with Crippen molar-refractivity contribution in [1.82, 2.24) is 24.7 Å². The zero-order valence-electron chi connectivity index (χ0n) is 17.3. The lowest BCUT2D eigenvalue weighted by Gasteiger charge is -2.23. The van der Waals surface area contributed by atoms with Crippen LogP contribution >= 0.6 is 11.3 Å². The van der Waals surface area contributed by atoms with Crippen molar-refractivity contribution in [1.29, 1.82) is 0 Å². The number of ether oxygens (including phenoxy) is 1. The number of fused-ring (bicyclic) bond motifs is 2. The molecule has 0 spiro atoms. The van der Waals surface area contributed by atoms with Gasteiger partial charge in [0.15, 0.2) is 5.82 Å². The first-order valence-corrected chi connectivity index (χ1v) is 11.1. The molecule has 1 atom stereocenters. The molecule has 0 amide bonds. The molecule has 4 aromatic rings. The molecule has 7 nitrogen and oxygen atoms in total. The number of methoxy groups -OCH3 is 1. The molecular formula is C22H24N6OS. The molecule has 0 radical (unpaired) electrons. The van der Waals surface area contributed by atoms with E-state index >= 15 is 0 Å². The van der Waals surface area contributed by atoms with Gasteiger partial charge in [-0.05, 0) is 30.0 Å². The maximum atomic E-state index is 5.30. The van der Waals surface area contributed by atoms with Crippen molar-refractivity contribution >= 4 is 27.4 Å². The van der Waals surface area contributed by atoms with E-state index in [1.807, 2.05) is 12.1 Å². The van der Waals surface area contributed by atoms with E-state index in [0.717, 1.165) is 63.9 Å². The molecule has 1 N–H and O–H groups in total. The number of aromatic nitrogens is 5. The van der Waals surface area contributed by atoms with Crippen LogP contribution in [0.4, 0.5) is 5.82 Å². The molecule has 1 aliphatic heterocycles. The maximum absolute atomic E-state index is 5.30. The number of hydrogen-bond acceptors (Lipinski definition) is 7. The van der Waals surface area contributed by atoms with Crippen LogP contribution in [-0.4, -0.2) is 31.8 Å². The van der Waals surface area contributed by atoms with Crippen LogP contribution in [0.15, 0.2) is 36.0 Å². The van der Waals surface area contributed by atoms with Gasteiger partial charge in [0.05, 0.1) is 18.5 Å². The normalized spacial score (nSPS) is 14.3. The van der Waals surface area contributed by atoms with E-state index in [1.165, 1.54) is 0 Å². The smallest absolute Gasteiger partial charge is 0.155 e. The van der Waals surface area contributed by atoms with Crippen LogP contribution in [0, 0.1) is 5.92 Å². The molecule has 1 aliphatic rings. The van der Waals surface area contributed by atoms with Crippen molar-refractivity contribution in [2.24, 2.45) is 5.92 Å². The van der Waals surface area contributed by atoms with Crippen LogP contribution in [0.3, 0.4) is 0 Å². The second kappa shape index (κ2) is 7.68. The number of thiophene rings is 1. The van der Waals surface area contributed by atoms with Crippen LogP contribution in [0.2, 0.25) is 0 Å². The van der Waals surface area contributed by atoms with Gasteiger partial charge in [-0.1, -0.05) is 26.0 Å². The fourth-order valence-electron chi connectivity index (χ4n) is 4.05. The summed E-state index contributed by atoms with van der Waals surface area (Å²) in [5.74, 6) is 4.08. The van der Waals surface area contributed by atoms with Gasteiger partial charge >= 0.3 is 0 Å². The predicted octanol–water partition coefficient (Wildman–Crippen LogP) is 4.71. The highest BCUT2D eigenvalue weighted by atomic mass is 32.1. The Morgan fingerprint density at radius 3 is 2.73 bits per heavy atom. The van der Waals surface area contributed by atoms with Gasteiger partial charge in [0.25, 0.3) is 0 Å². The summed E-state index contributed by atoms with van der Waals surface area (Å²) >= 11 is 1.63.